The number of hydrogen-bond acceptors (Lipinski definition) is 5. The van der Waals surface area contributed by atoms with Crippen molar-refractivity contribution in [3.8, 4) is 5.75 Å². The average molecular weight is 225 g/mol. The summed E-state index contributed by atoms with van der Waals surface area (Å²) in [7, 11) is 0. The quantitative estimate of drug-likeness (QED) is 0.334. The number of nitrogens with one attached hydrogen (secondary N) is 1. The summed E-state index contributed by atoms with van der Waals surface area (Å²) in [5.41, 5.74) is 2.79. The maximum Gasteiger partial charge on any atom is 0.275 e. The van der Waals surface area contributed by atoms with Crippen molar-refractivity contribution in [2.24, 2.45) is 5.84 Å². The third-order valence-corrected chi connectivity index (χ3v) is 2.04. The smallest absolute Gasteiger partial charge is 0.275 e. The van der Waals surface area contributed by atoms with Crippen molar-refractivity contribution in [2.45, 2.75) is 19.8 Å². The largest absolute Gasteiger partial charge is 0.493 e. The van der Waals surface area contributed by atoms with E-state index >= 15 is 0 Å². The van der Waals surface area contributed by atoms with Crippen LogP contribution in [0.4, 0.5) is 11.4 Å². The minimum absolute atomic E-state index is 0.0399. The molecule has 0 aromatic heterocycles. The van der Waals surface area contributed by atoms with E-state index in [0.29, 0.717) is 18.0 Å². The maximum atomic E-state index is 10.6. The van der Waals surface area contributed by atoms with Gasteiger partial charge in [0.05, 0.1) is 23.3 Å². The van der Waals surface area contributed by atoms with E-state index in [1.165, 1.54) is 12.1 Å². The average Bonchev–Trinajstić information content (AvgIpc) is 2.29. The van der Waals surface area contributed by atoms with Crippen LogP contribution in [0.3, 0.4) is 0 Å². The first-order valence-electron chi connectivity index (χ1n) is 5.06. The molecule has 0 saturated heterocycles. The fraction of sp³-hybridized carbons (Fsp3) is 0.400. The highest BCUT2D eigenvalue weighted by molar-refractivity contribution is 5.55. The van der Waals surface area contributed by atoms with Crippen LogP contribution in [0.5, 0.6) is 5.75 Å². The SMILES string of the molecule is CCCCOc1cc(NN)cc([N+](=O)[O-])c1. The maximum absolute atomic E-state index is 10.6. The molecule has 6 heteroatoms. The molecule has 0 radical (unpaired) electrons. The van der Waals surface area contributed by atoms with Crippen molar-refractivity contribution in [3.05, 3.63) is 28.3 Å². The Morgan fingerprint density at radius 3 is 2.81 bits per heavy atom. The van der Waals surface area contributed by atoms with E-state index in [1.54, 1.807) is 6.07 Å². The molecule has 0 aliphatic heterocycles. The van der Waals surface area contributed by atoms with E-state index in [-0.39, 0.29) is 5.69 Å². The molecule has 16 heavy (non-hydrogen) atoms. The molecule has 88 valence electrons. The molecule has 0 aliphatic carbocycles. The zero-order valence-electron chi connectivity index (χ0n) is 9.10. The number of hydrogen-bond donors (Lipinski definition) is 2. The molecular formula is C10H15N3O3. The molecular weight excluding hydrogens is 210 g/mol. The van der Waals surface area contributed by atoms with Gasteiger partial charge in [-0.05, 0) is 6.42 Å². The lowest BCUT2D eigenvalue weighted by Crippen LogP contribution is -2.07. The van der Waals surface area contributed by atoms with Crippen LogP contribution < -0.4 is 16.0 Å². The number of nitrogen functional groups attached to an aromatic ring is 1. The number of non-ortho nitro benzene ring substituents is 1. The minimum atomic E-state index is -0.479. The first kappa shape index (κ1) is 12.3. The number of rotatable bonds is 6. The van der Waals surface area contributed by atoms with Gasteiger partial charge in [-0.15, -0.1) is 0 Å². The predicted molar refractivity (Wildman–Crippen MR) is 61.3 cm³/mol. The third-order valence-electron chi connectivity index (χ3n) is 2.04. The lowest BCUT2D eigenvalue weighted by molar-refractivity contribution is -0.384. The Bertz CT molecular complexity index is 368. The van der Waals surface area contributed by atoms with Crippen molar-refractivity contribution in [1.29, 1.82) is 0 Å². The second kappa shape index (κ2) is 5.92. The Balaban J connectivity index is 2.82. The van der Waals surface area contributed by atoms with Crippen LogP contribution >= 0.6 is 0 Å². The highest BCUT2D eigenvalue weighted by atomic mass is 16.6. The fourth-order valence-corrected chi connectivity index (χ4v) is 1.19. The number of hydrazine groups is 1. The number of benzene rings is 1. The zero-order valence-corrected chi connectivity index (χ0v) is 9.10. The molecule has 1 aromatic rings. The Morgan fingerprint density at radius 1 is 1.50 bits per heavy atom. The molecule has 0 unspecified atom stereocenters. The summed E-state index contributed by atoms with van der Waals surface area (Å²) < 4.78 is 5.38. The summed E-state index contributed by atoms with van der Waals surface area (Å²) in [5, 5.41) is 10.6. The fourth-order valence-electron chi connectivity index (χ4n) is 1.19. The topological polar surface area (TPSA) is 90.4 Å². The number of ether oxygens (including phenoxy) is 1. The molecule has 0 spiro atoms. The van der Waals surface area contributed by atoms with Gasteiger partial charge in [-0.25, -0.2) is 0 Å². The van der Waals surface area contributed by atoms with Gasteiger partial charge in [0.2, 0.25) is 0 Å². The lowest BCUT2D eigenvalue weighted by Gasteiger charge is -2.07. The third kappa shape index (κ3) is 3.39. The van der Waals surface area contributed by atoms with Gasteiger partial charge in [0.1, 0.15) is 5.75 Å². The summed E-state index contributed by atoms with van der Waals surface area (Å²) in [4.78, 5) is 10.2. The minimum Gasteiger partial charge on any atom is -0.493 e. The normalized spacial score (nSPS) is 9.88. The second-order valence-corrected chi connectivity index (χ2v) is 3.32. The Labute approximate surface area is 93.5 Å². The summed E-state index contributed by atoms with van der Waals surface area (Å²) in [6, 6.07) is 4.37. The van der Waals surface area contributed by atoms with E-state index in [9.17, 15) is 10.1 Å². The predicted octanol–water partition coefficient (Wildman–Crippen LogP) is 2.06. The second-order valence-electron chi connectivity index (χ2n) is 3.32. The van der Waals surface area contributed by atoms with Crippen molar-refractivity contribution >= 4 is 11.4 Å². The number of nitro groups is 1. The molecule has 6 nitrogen and oxygen atoms in total. The van der Waals surface area contributed by atoms with Crippen molar-refractivity contribution in [2.75, 3.05) is 12.0 Å². The van der Waals surface area contributed by atoms with Crippen LogP contribution in [0.2, 0.25) is 0 Å². The van der Waals surface area contributed by atoms with Crippen LogP contribution in [0, 0.1) is 10.1 Å². The Kier molecular flexibility index (Phi) is 4.53. The molecule has 0 aliphatic rings. The van der Waals surface area contributed by atoms with Gasteiger partial charge in [-0.2, -0.15) is 0 Å². The van der Waals surface area contributed by atoms with Gasteiger partial charge in [0.15, 0.2) is 0 Å². The number of unbranched alkanes of at least 4 members (excludes halogenated alkanes) is 1. The van der Waals surface area contributed by atoms with Gasteiger partial charge < -0.3 is 10.2 Å². The monoisotopic (exact) mass is 225 g/mol. The number of nitrogens with zero attached hydrogens (tertiary/aromatic N) is 1. The van der Waals surface area contributed by atoms with Gasteiger partial charge in [0.25, 0.3) is 5.69 Å². The van der Waals surface area contributed by atoms with Crippen LogP contribution in [-0.2, 0) is 0 Å². The summed E-state index contributed by atoms with van der Waals surface area (Å²) >= 11 is 0. The summed E-state index contributed by atoms with van der Waals surface area (Å²) in [5.74, 6) is 5.67. The van der Waals surface area contributed by atoms with E-state index in [4.69, 9.17) is 10.6 Å². The van der Waals surface area contributed by atoms with E-state index in [2.05, 4.69) is 5.43 Å². The number of nitro benzene ring substituents is 1. The molecule has 3 N–H and O–H groups in total. The molecule has 0 amide bonds. The Morgan fingerprint density at radius 2 is 2.25 bits per heavy atom. The van der Waals surface area contributed by atoms with Crippen LogP contribution in [0.25, 0.3) is 0 Å². The number of anilines is 1. The number of nitrogens with two attached hydrogens (primary N) is 1. The van der Waals surface area contributed by atoms with Crippen LogP contribution in [0.1, 0.15) is 19.8 Å². The van der Waals surface area contributed by atoms with Crippen LogP contribution in [-0.4, -0.2) is 11.5 Å². The molecule has 1 aromatic carbocycles. The van der Waals surface area contributed by atoms with E-state index in [0.717, 1.165) is 12.8 Å². The van der Waals surface area contributed by atoms with Crippen molar-refractivity contribution in [3.63, 3.8) is 0 Å². The summed E-state index contributed by atoms with van der Waals surface area (Å²) in [6.07, 6.45) is 1.92. The van der Waals surface area contributed by atoms with Crippen molar-refractivity contribution in [1.82, 2.24) is 0 Å². The van der Waals surface area contributed by atoms with E-state index in [1.807, 2.05) is 6.92 Å². The molecule has 0 atom stereocenters. The Hall–Kier alpha value is -1.82. The first-order valence-corrected chi connectivity index (χ1v) is 5.06. The molecule has 0 fully saturated rings. The summed E-state index contributed by atoms with van der Waals surface area (Å²) in [6.45, 7) is 2.59. The van der Waals surface area contributed by atoms with Gasteiger partial charge >= 0.3 is 0 Å². The van der Waals surface area contributed by atoms with E-state index < -0.39 is 4.92 Å². The van der Waals surface area contributed by atoms with Crippen molar-refractivity contribution < 1.29 is 9.66 Å². The van der Waals surface area contributed by atoms with Gasteiger partial charge in [0, 0.05) is 12.1 Å². The van der Waals surface area contributed by atoms with Crippen LogP contribution in [0.15, 0.2) is 18.2 Å². The highest BCUT2D eigenvalue weighted by Crippen LogP contribution is 2.25. The standard InChI is InChI=1S/C10H15N3O3/c1-2-3-4-16-10-6-8(12-11)5-9(7-10)13(14)15/h5-7,12H,2-4,11H2,1H3. The first-order chi connectivity index (χ1) is 7.67. The lowest BCUT2D eigenvalue weighted by atomic mass is 10.2. The molecule has 0 saturated carbocycles. The van der Waals surface area contributed by atoms with Gasteiger partial charge in [-0.3, -0.25) is 16.0 Å². The van der Waals surface area contributed by atoms with Gasteiger partial charge in [-0.1, -0.05) is 13.3 Å². The molecule has 1 rings (SSSR count). The zero-order chi connectivity index (χ0) is 12.0. The molecule has 0 heterocycles. The highest BCUT2D eigenvalue weighted by Gasteiger charge is 2.09. The molecule has 0 bridgehead atoms.